The maximum atomic E-state index is 13.6. The Balaban J connectivity index is 1.38. The zero-order chi connectivity index (χ0) is 27.5. The average Bonchev–Trinajstić information content (AvgIpc) is 3.45. The smallest absolute Gasteiger partial charge is 0.408 e. The summed E-state index contributed by atoms with van der Waals surface area (Å²) in [6.45, 7) is 2.87. The third-order valence-electron chi connectivity index (χ3n) is 7.24. The van der Waals surface area contributed by atoms with Gasteiger partial charge < -0.3 is 25.3 Å². The molecular weight excluding hydrogens is 494 g/mol. The Morgan fingerprint density at radius 1 is 1.08 bits per heavy atom. The molecule has 3 amide bonds. The van der Waals surface area contributed by atoms with E-state index in [9.17, 15) is 14.4 Å². The highest BCUT2D eigenvalue weighted by Gasteiger charge is 2.39. The van der Waals surface area contributed by atoms with Crippen molar-refractivity contribution in [2.45, 2.75) is 57.1 Å². The summed E-state index contributed by atoms with van der Waals surface area (Å²) in [5.41, 5.74) is 2.71. The number of aromatic nitrogens is 2. The molecule has 9 heteroatoms. The van der Waals surface area contributed by atoms with Gasteiger partial charge in [-0.3, -0.25) is 9.59 Å². The fourth-order valence-electron chi connectivity index (χ4n) is 4.94. The van der Waals surface area contributed by atoms with Gasteiger partial charge in [-0.15, -0.1) is 0 Å². The van der Waals surface area contributed by atoms with Crippen LogP contribution in [0.5, 0.6) is 0 Å². The standard InChI is InChI=1S/C30H37N5O4/c1-2-16-35(19-27(36)32-21-30(14-9-15-30)24-12-7-4-8-13-24)28(37)26(17-25-18-31-22-33-25)34-29(38)39-20-23-10-5-3-6-11-23/h3-8,10-13,18,22,26H,2,9,14-17,19-21H2,1H3,(H,31,33)(H,32,36)(H,34,38)/t26-/m0/s1. The number of carbonyl (C=O) groups excluding carboxylic acids is 3. The van der Waals surface area contributed by atoms with E-state index in [1.807, 2.05) is 55.5 Å². The van der Waals surface area contributed by atoms with Gasteiger partial charge in [0.2, 0.25) is 11.8 Å². The number of alkyl carbamates (subject to hydrolysis) is 1. The number of hydrogen-bond donors (Lipinski definition) is 3. The quantitative estimate of drug-likeness (QED) is 0.311. The molecule has 206 valence electrons. The van der Waals surface area contributed by atoms with Crippen LogP contribution in [-0.4, -0.2) is 58.5 Å². The molecule has 0 unspecified atom stereocenters. The Bertz CT molecular complexity index is 1200. The molecular formula is C30H37N5O4. The zero-order valence-electron chi connectivity index (χ0n) is 22.4. The van der Waals surface area contributed by atoms with E-state index < -0.39 is 12.1 Å². The van der Waals surface area contributed by atoms with Gasteiger partial charge in [-0.25, -0.2) is 9.78 Å². The summed E-state index contributed by atoms with van der Waals surface area (Å²) >= 11 is 0. The molecule has 1 aliphatic carbocycles. The molecule has 1 atom stereocenters. The first-order valence-electron chi connectivity index (χ1n) is 13.5. The van der Waals surface area contributed by atoms with E-state index in [1.165, 1.54) is 16.8 Å². The second-order valence-electron chi connectivity index (χ2n) is 10.1. The Kier molecular flexibility index (Phi) is 9.72. The minimum atomic E-state index is -0.921. The molecule has 1 heterocycles. The first-order chi connectivity index (χ1) is 19.0. The number of benzene rings is 2. The molecule has 3 N–H and O–H groups in total. The molecule has 1 aliphatic rings. The second-order valence-corrected chi connectivity index (χ2v) is 10.1. The molecule has 1 fully saturated rings. The first kappa shape index (κ1) is 27.9. The molecule has 4 rings (SSSR count). The first-order valence-corrected chi connectivity index (χ1v) is 13.5. The lowest BCUT2D eigenvalue weighted by molar-refractivity contribution is -0.137. The van der Waals surface area contributed by atoms with Gasteiger partial charge >= 0.3 is 6.09 Å². The maximum Gasteiger partial charge on any atom is 0.408 e. The van der Waals surface area contributed by atoms with E-state index in [2.05, 4.69) is 32.7 Å². The number of aromatic amines is 1. The summed E-state index contributed by atoms with van der Waals surface area (Å²) in [5.74, 6) is -0.564. The van der Waals surface area contributed by atoms with Gasteiger partial charge in [-0.05, 0) is 30.4 Å². The van der Waals surface area contributed by atoms with E-state index in [-0.39, 0.29) is 36.8 Å². The van der Waals surface area contributed by atoms with Crippen molar-refractivity contribution in [2.24, 2.45) is 0 Å². The minimum absolute atomic E-state index is 0.0519. The van der Waals surface area contributed by atoms with Gasteiger partial charge in [-0.2, -0.15) is 0 Å². The van der Waals surface area contributed by atoms with Crippen molar-refractivity contribution >= 4 is 17.9 Å². The molecule has 0 spiro atoms. The number of nitrogens with one attached hydrogen (secondary N) is 3. The van der Waals surface area contributed by atoms with Gasteiger partial charge in [0, 0.05) is 36.8 Å². The van der Waals surface area contributed by atoms with Crippen LogP contribution in [-0.2, 0) is 32.8 Å². The number of carbonyl (C=O) groups is 3. The summed E-state index contributed by atoms with van der Waals surface area (Å²) in [7, 11) is 0. The van der Waals surface area contributed by atoms with Crippen molar-refractivity contribution in [3.63, 3.8) is 0 Å². The molecule has 0 saturated heterocycles. The summed E-state index contributed by atoms with van der Waals surface area (Å²) in [4.78, 5) is 47.8. The third kappa shape index (κ3) is 7.69. The van der Waals surface area contributed by atoms with E-state index >= 15 is 0 Å². The third-order valence-corrected chi connectivity index (χ3v) is 7.24. The minimum Gasteiger partial charge on any atom is -0.445 e. The number of nitrogens with zero attached hydrogens (tertiary/aromatic N) is 2. The lowest BCUT2D eigenvalue weighted by Gasteiger charge is -2.42. The van der Waals surface area contributed by atoms with Crippen LogP contribution in [0.3, 0.4) is 0 Å². The van der Waals surface area contributed by atoms with Crippen LogP contribution in [0.2, 0.25) is 0 Å². The van der Waals surface area contributed by atoms with Crippen LogP contribution >= 0.6 is 0 Å². The Labute approximate surface area is 229 Å². The number of rotatable bonds is 13. The molecule has 3 aromatic rings. The van der Waals surface area contributed by atoms with Crippen LogP contribution < -0.4 is 10.6 Å². The van der Waals surface area contributed by atoms with Crippen molar-refractivity contribution in [1.82, 2.24) is 25.5 Å². The lowest BCUT2D eigenvalue weighted by atomic mass is 9.64. The second kappa shape index (κ2) is 13.6. The van der Waals surface area contributed by atoms with Crippen LogP contribution in [0, 0.1) is 0 Å². The summed E-state index contributed by atoms with van der Waals surface area (Å²) in [5, 5.41) is 5.77. The van der Waals surface area contributed by atoms with Crippen molar-refractivity contribution in [3.8, 4) is 0 Å². The van der Waals surface area contributed by atoms with Gasteiger partial charge in [0.25, 0.3) is 0 Å². The Hall–Kier alpha value is -4.14. The predicted molar refractivity (Wildman–Crippen MR) is 148 cm³/mol. The van der Waals surface area contributed by atoms with E-state index in [0.717, 1.165) is 24.8 Å². The SMILES string of the molecule is CCCN(CC(=O)NCC1(c2ccccc2)CCC1)C(=O)[C@H](Cc1cnc[nH]1)NC(=O)OCc1ccccc1. The van der Waals surface area contributed by atoms with Crippen LogP contribution in [0.1, 0.15) is 49.4 Å². The number of amides is 3. The lowest BCUT2D eigenvalue weighted by Crippen LogP contribution is -2.53. The summed E-state index contributed by atoms with van der Waals surface area (Å²) in [6, 6.07) is 18.7. The van der Waals surface area contributed by atoms with E-state index in [0.29, 0.717) is 25.2 Å². The predicted octanol–water partition coefficient (Wildman–Crippen LogP) is 3.72. The van der Waals surface area contributed by atoms with Crippen LogP contribution in [0.4, 0.5) is 4.79 Å². The monoisotopic (exact) mass is 531 g/mol. The highest BCUT2D eigenvalue weighted by Crippen LogP contribution is 2.43. The summed E-state index contributed by atoms with van der Waals surface area (Å²) < 4.78 is 5.36. The molecule has 1 saturated carbocycles. The van der Waals surface area contributed by atoms with Crippen molar-refractivity contribution in [3.05, 3.63) is 90.0 Å². The van der Waals surface area contributed by atoms with Gasteiger partial charge in [0.1, 0.15) is 12.6 Å². The molecule has 0 bridgehead atoms. The Morgan fingerprint density at radius 2 is 1.79 bits per heavy atom. The molecule has 39 heavy (non-hydrogen) atoms. The topological polar surface area (TPSA) is 116 Å². The number of imidazole rings is 1. The van der Waals surface area contributed by atoms with Crippen molar-refractivity contribution < 1.29 is 19.1 Å². The van der Waals surface area contributed by atoms with Gasteiger partial charge in [0.15, 0.2) is 0 Å². The van der Waals surface area contributed by atoms with Crippen molar-refractivity contribution in [1.29, 1.82) is 0 Å². The Morgan fingerprint density at radius 3 is 2.41 bits per heavy atom. The highest BCUT2D eigenvalue weighted by molar-refractivity contribution is 5.89. The van der Waals surface area contributed by atoms with E-state index in [4.69, 9.17) is 4.74 Å². The molecule has 9 nitrogen and oxygen atoms in total. The molecule has 1 aromatic heterocycles. The maximum absolute atomic E-state index is 13.6. The summed E-state index contributed by atoms with van der Waals surface area (Å²) in [6.07, 6.45) is 6.47. The van der Waals surface area contributed by atoms with Gasteiger partial charge in [0.05, 0.1) is 12.9 Å². The number of hydrogen-bond acceptors (Lipinski definition) is 5. The largest absolute Gasteiger partial charge is 0.445 e. The highest BCUT2D eigenvalue weighted by atomic mass is 16.5. The van der Waals surface area contributed by atoms with Crippen molar-refractivity contribution in [2.75, 3.05) is 19.6 Å². The van der Waals surface area contributed by atoms with Crippen LogP contribution in [0.15, 0.2) is 73.2 Å². The van der Waals surface area contributed by atoms with E-state index in [1.54, 1.807) is 6.20 Å². The normalized spacial score (nSPS) is 14.5. The fourth-order valence-corrected chi connectivity index (χ4v) is 4.94. The number of ether oxygens (including phenoxy) is 1. The van der Waals surface area contributed by atoms with Gasteiger partial charge in [-0.1, -0.05) is 74.0 Å². The number of H-pyrrole nitrogens is 1. The molecule has 0 radical (unpaired) electrons. The average molecular weight is 532 g/mol. The molecule has 0 aliphatic heterocycles. The molecule has 2 aromatic carbocycles. The fraction of sp³-hybridized carbons (Fsp3) is 0.400. The zero-order valence-corrected chi connectivity index (χ0v) is 22.4. The van der Waals surface area contributed by atoms with Crippen LogP contribution in [0.25, 0.3) is 0 Å².